The van der Waals surface area contributed by atoms with Gasteiger partial charge in [0.05, 0.1) is 17.2 Å². The molecule has 0 aliphatic carbocycles. The zero-order chi connectivity index (χ0) is 18.6. The lowest BCUT2D eigenvalue weighted by Gasteiger charge is -2.34. The third kappa shape index (κ3) is 5.81. The van der Waals surface area contributed by atoms with Gasteiger partial charge in [0.15, 0.2) is 0 Å². The van der Waals surface area contributed by atoms with E-state index in [-0.39, 0.29) is 17.6 Å². The van der Waals surface area contributed by atoms with Gasteiger partial charge in [-0.15, -0.1) is 0 Å². The summed E-state index contributed by atoms with van der Waals surface area (Å²) in [5, 5.41) is 0.300. The number of amides is 2. The molecule has 0 bridgehead atoms. The number of hydrogen-bond acceptors (Lipinski definition) is 4. The maximum atomic E-state index is 12.2. The van der Waals surface area contributed by atoms with E-state index in [1.165, 1.54) is 0 Å². The zero-order valence-electron chi connectivity index (χ0n) is 14.9. The lowest BCUT2D eigenvalue weighted by Crippen LogP contribution is -2.44. The molecule has 0 saturated carbocycles. The quantitative estimate of drug-likeness (QED) is 0.882. The SMILES string of the molecule is CC(C)(C)OC(=O)N1CCC[C@H](COc2ccc(Cl)c(C(N)=O)c2)C1. The molecule has 1 atom stereocenters. The summed E-state index contributed by atoms with van der Waals surface area (Å²) in [5.41, 5.74) is 5.02. The van der Waals surface area contributed by atoms with Gasteiger partial charge in [-0.2, -0.15) is 0 Å². The summed E-state index contributed by atoms with van der Waals surface area (Å²) in [6, 6.07) is 4.83. The lowest BCUT2D eigenvalue weighted by atomic mass is 9.99. The number of likely N-dealkylation sites (tertiary alicyclic amines) is 1. The molecule has 1 aliphatic heterocycles. The van der Waals surface area contributed by atoms with Crippen LogP contribution in [0.5, 0.6) is 5.75 Å². The molecule has 1 aromatic rings. The molecule has 0 aromatic heterocycles. The molecule has 2 amide bonds. The highest BCUT2D eigenvalue weighted by Gasteiger charge is 2.28. The number of rotatable bonds is 4. The van der Waals surface area contributed by atoms with Crippen LogP contribution in [0.1, 0.15) is 44.0 Å². The van der Waals surface area contributed by atoms with Crippen LogP contribution in [-0.2, 0) is 4.74 Å². The highest BCUT2D eigenvalue weighted by atomic mass is 35.5. The number of nitrogens with zero attached hydrogens (tertiary/aromatic N) is 1. The Labute approximate surface area is 153 Å². The minimum Gasteiger partial charge on any atom is -0.493 e. The summed E-state index contributed by atoms with van der Waals surface area (Å²) in [5.74, 6) is 0.144. The second-order valence-corrected chi connectivity index (χ2v) is 7.66. The number of piperidine rings is 1. The Balaban J connectivity index is 1.92. The van der Waals surface area contributed by atoms with E-state index in [1.54, 1.807) is 23.1 Å². The van der Waals surface area contributed by atoms with Crippen LogP contribution in [0.25, 0.3) is 0 Å². The van der Waals surface area contributed by atoms with Crippen molar-refractivity contribution < 1.29 is 19.1 Å². The largest absolute Gasteiger partial charge is 0.493 e. The molecule has 7 heteroatoms. The lowest BCUT2D eigenvalue weighted by molar-refractivity contribution is 0.0139. The Kier molecular flexibility index (Phi) is 6.16. The van der Waals surface area contributed by atoms with Gasteiger partial charge in [0.25, 0.3) is 0 Å². The number of halogens is 1. The van der Waals surface area contributed by atoms with Crippen LogP contribution in [0.15, 0.2) is 18.2 Å². The van der Waals surface area contributed by atoms with Crippen molar-refractivity contribution in [3.8, 4) is 5.75 Å². The maximum Gasteiger partial charge on any atom is 0.410 e. The molecule has 1 heterocycles. The van der Waals surface area contributed by atoms with Crippen molar-refractivity contribution >= 4 is 23.6 Å². The third-order valence-corrected chi connectivity index (χ3v) is 4.19. The fourth-order valence-corrected chi connectivity index (χ4v) is 2.90. The summed E-state index contributed by atoms with van der Waals surface area (Å²) >= 11 is 5.93. The summed E-state index contributed by atoms with van der Waals surface area (Å²) in [7, 11) is 0. The van der Waals surface area contributed by atoms with Gasteiger partial charge in [0.2, 0.25) is 5.91 Å². The Bertz CT molecular complexity index is 642. The Morgan fingerprint density at radius 1 is 1.36 bits per heavy atom. The number of primary amides is 1. The standard InChI is InChI=1S/C18H25ClN2O4/c1-18(2,3)25-17(23)21-8-4-5-12(10-21)11-24-13-6-7-15(19)14(9-13)16(20)22/h6-7,9,12H,4-5,8,10-11H2,1-3H3,(H2,20,22)/t12-/m0/s1. The van der Waals surface area contributed by atoms with Crippen molar-refractivity contribution in [3.05, 3.63) is 28.8 Å². The van der Waals surface area contributed by atoms with E-state index in [1.807, 2.05) is 20.8 Å². The van der Waals surface area contributed by atoms with E-state index in [9.17, 15) is 9.59 Å². The van der Waals surface area contributed by atoms with Crippen molar-refractivity contribution in [2.45, 2.75) is 39.2 Å². The van der Waals surface area contributed by atoms with Gasteiger partial charge >= 0.3 is 6.09 Å². The fourth-order valence-electron chi connectivity index (χ4n) is 2.69. The first-order valence-corrected chi connectivity index (χ1v) is 8.73. The second kappa shape index (κ2) is 7.95. The molecule has 6 nitrogen and oxygen atoms in total. The molecule has 1 aromatic carbocycles. The predicted octanol–water partition coefficient (Wildman–Crippen LogP) is 3.46. The van der Waals surface area contributed by atoms with Crippen LogP contribution in [-0.4, -0.2) is 42.2 Å². The molecule has 1 saturated heterocycles. The highest BCUT2D eigenvalue weighted by Crippen LogP contribution is 2.24. The summed E-state index contributed by atoms with van der Waals surface area (Å²) < 4.78 is 11.2. The average molecular weight is 369 g/mol. The Morgan fingerprint density at radius 2 is 2.08 bits per heavy atom. The van der Waals surface area contributed by atoms with Crippen LogP contribution in [0.4, 0.5) is 4.79 Å². The monoisotopic (exact) mass is 368 g/mol. The summed E-state index contributed by atoms with van der Waals surface area (Å²) in [4.78, 5) is 25.2. The topological polar surface area (TPSA) is 81.9 Å². The van der Waals surface area contributed by atoms with Crippen LogP contribution >= 0.6 is 11.6 Å². The maximum absolute atomic E-state index is 12.2. The van der Waals surface area contributed by atoms with Crippen LogP contribution in [0, 0.1) is 5.92 Å². The second-order valence-electron chi connectivity index (χ2n) is 7.25. The summed E-state index contributed by atoms with van der Waals surface area (Å²) in [6.45, 7) is 7.29. The Morgan fingerprint density at radius 3 is 2.72 bits per heavy atom. The van der Waals surface area contributed by atoms with Crippen LogP contribution in [0.2, 0.25) is 5.02 Å². The molecule has 1 fully saturated rings. The van der Waals surface area contributed by atoms with E-state index in [2.05, 4.69) is 0 Å². The molecular weight excluding hydrogens is 344 g/mol. The summed E-state index contributed by atoms with van der Waals surface area (Å²) in [6.07, 6.45) is 1.58. The van der Waals surface area contributed by atoms with Gasteiger partial charge in [0, 0.05) is 19.0 Å². The van der Waals surface area contributed by atoms with Crippen molar-refractivity contribution in [1.29, 1.82) is 0 Å². The van der Waals surface area contributed by atoms with E-state index < -0.39 is 11.5 Å². The number of hydrogen-bond donors (Lipinski definition) is 1. The van der Waals surface area contributed by atoms with Crippen molar-refractivity contribution in [2.24, 2.45) is 11.7 Å². The first-order valence-electron chi connectivity index (χ1n) is 8.36. The van der Waals surface area contributed by atoms with E-state index >= 15 is 0 Å². The van der Waals surface area contributed by atoms with Crippen molar-refractivity contribution in [3.63, 3.8) is 0 Å². The van der Waals surface area contributed by atoms with Gasteiger partial charge in [-0.1, -0.05) is 11.6 Å². The number of ether oxygens (including phenoxy) is 2. The normalized spacial score (nSPS) is 17.9. The molecule has 0 unspecified atom stereocenters. The third-order valence-electron chi connectivity index (χ3n) is 3.86. The number of benzene rings is 1. The van der Waals surface area contributed by atoms with Crippen LogP contribution in [0.3, 0.4) is 0 Å². The van der Waals surface area contributed by atoms with Gasteiger partial charge in [-0.3, -0.25) is 4.79 Å². The Hall–Kier alpha value is -1.95. The molecule has 25 heavy (non-hydrogen) atoms. The van der Waals surface area contributed by atoms with Gasteiger partial charge in [-0.05, 0) is 51.8 Å². The smallest absolute Gasteiger partial charge is 0.410 e. The van der Waals surface area contributed by atoms with E-state index in [4.69, 9.17) is 26.8 Å². The average Bonchev–Trinajstić information content (AvgIpc) is 2.52. The first-order chi connectivity index (χ1) is 11.7. The molecule has 2 rings (SSSR count). The minimum atomic E-state index is -0.593. The fraction of sp³-hybridized carbons (Fsp3) is 0.556. The van der Waals surface area contributed by atoms with Gasteiger partial charge in [-0.25, -0.2) is 4.79 Å². The van der Waals surface area contributed by atoms with Crippen molar-refractivity contribution in [1.82, 2.24) is 4.90 Å². The van der Waals surface area contributed by atoms with Crippen molar-refractivity contribution in [2.75, 3.05) is 19.7 Å². The number of carbonyl (C=O) groups is 2. The molecule has 0 spiro atoms. The number of carbonyl (C=O) groups excluding carboxylic acids is 2. The highest BCUT2D eigenvalue weighted by molar-refractivity contribution is 6.33. The van der Waals surface area contributed by atoms with E-state index in [0.717, 1.165) is 12.8 Å². The predicted molar refractivity (Wildman–Crippen MR) is 96.0 cm³/mol. The first kappa shape index (κ1) is 19.4. The molecule has 1 aliphatic rings. The molecule has 138 valence electrons. The molecular formula is C18H25ClN2O4. The van der Waals surface area contributed by atoms with Gasteiger partial charge < -0.3 is 20.1 Å². The van der Waals surface area contributed by atoms with Gasteiger partial charge in [0.1, 0.15) is 11.4 Å². The molecule has 0 radical (unpaired) electrons. The zero-order valence-corrected chi connectivity index (χ0v) is 15.6. The number of nitrogens with two attached hydrogens (primary N) is 1. The molecule has 2 N–H and O–H groups in total. The van der Waals surface area contributed by atoms with E-state index in [0.29, 0.717) is 30.5 Å². The minimum absolute atomic E-state index is 0.203. The van der Waals surface area contributed by atoms with Crippen LogP contribution < -0.4 is 10.5 Å².